The van der Waals surface area contributed by atoms with Crippen molar-refractivity contribution >= 4 is 5.91 Å². The first-order chi connectivity index (χ1) is 12.2. The van der Waals surface area contributed by atoms with Gasteiger partial charge in [-0.3, -0.25) is 4.79 Å². The molecule has 3 aromatic rings. The maximum Gasteiger partial charge on any atom is 0.274 e. The van der Waals surface area contributed by atoms with Crippen LogP contribution in [0.1, 0.15) is 40.6 Å². The van der Waals surface area contributed by atoms with Crippen molar-refractivity contribution in [1.29, 1.82) is 0 Å². The minimum atomic E-state index is -0.387. The molecule has 1 atom stereocenters. The largest absolute Gasteiger partial charge is 0.505 e. The maximum absolute atomic E-state index is 12.4. The second-order valence-electron chi connectivity index (χ2n) is 5.94. The number of carbonyl (C=O) groups is 1. The Morgan fingerprint density at radius 2 is 2.08 bits per heavy atom. The van der Waals surface area contributed by atoms with Crippen LogP contribution in [0, 0.1) is 0 Å². The van der Waals surface area contributed by atoms with E-state index in [9.17, 15) is 9.90 Å². The van der Waals surface area contributed by atoms with Crippen molar-refractivity contribution < 1.29 is 9.90 Å². The molecule has 0 unspecified atom stereocenters. The minimum absolute atomic E-state index is 0.0340. The second-order valence-corrected chi connectivity index (χ2v) is 5.94. The first-order valence-corrected chi connectivity index (χ1v) is 8.17. The molecule has 0 aromatic carbocycles. The van der Waals surface area contributed by atoms with Crippen LogP contribution in [0.15, 0.2) is 48.9 Å². The van der Waals surface area contributed by atoms with Crippen LogP contribution in [-0.4, -0.2) is 30.8 Å². The van der Waals surface area contributed by atoms with E-state index >= 15 is 0 Å². The van der Waals surface area contributed by atoms with Crippen molar-refractivity contribution in [3.05, 3.63) is 65.9 Å². The van der Waals surface area contributed by atoms with Gasteiger partial charge >= 0.3 is 0 Å². The SMILES string of the molecule is O=C(N[C@@H]1CCCc2c1cnn2-c1ccccn1)c1ncccc1O. The number of hydrogen-bond acceptors (Lipinski definition) is 5. The standard InChI is InChI=1S/C18H17N5O2/c24-15-7-4-10-20-17(15)18(25)22-13-5-3-6-14-12(13)11-21-23(14)16-8-1-2-9-19-16/h1-2,4,7-11,13,24H,3,5-6H2,(H,22,25)/t13-/m1/s1. The topological polar surface area (TPSA) is 92.9 Å². The van der Waals surface area contributed by atoms with Gasteiger partial charge in [-0.25, -0.2) is 14.6 Å². The quantitative estimate of drug-likeness (QED) is 0.765. The van der Waals surface area contributed by atoms with E-state index < -0.39 is 0 Å². The van der Waals surface area contributed by atoms with Crippen LogP contribution in [0.5, 0.6) is 5.75 Å². The average molecular weight is 335 g/mol. The molecule has 126 valence electrons. The van der Waals surface area contributed by atoms with Gasteiger partial charge in [-0.1, -0.05) is 6.07 Å². The van der Waals surface area contributed by atoms with E-state index in [0.717, 1.165) is 36.3 Å². The Balaban J connectivity index is 1.62. The van der Waals surface area contributed by atoms with Gasteiger partial charge in [0.15, 0.2) is 11.5 Å². The van der Waals surface area contributed by atoms with Crippen LogP contribution in [0.2, 0.25) is 0 Å². The number of aromatic hydroxyl groups is 1. The molecular weight excluding hydrogens is 318 g/mol. The molecule has 7 heteroatoms. The Kier molecular flexibility index (Phi) is 3.89. The molecule has 4 rings (SSSR count). The molecule has 0 aliphatic heterocycles. The van der Waals surface area contributed by atoms with Gasteiger partial charge in [-0.2, -0.15) is 5.10 Å². The summed E-state index contributed by atoms with van der Waals surface area (Å²) in [4.78, 5) is 20.8. The molecule has 0 saturated heterocycles. The smallest absolute Gasteiger partial charge is 0.274 e. The third-order valence-electron chi connectivity index (χ3n) is 4.36. The molecule has 0 spiro atoms. The summed E-state index contributed by atoms with van der Waals surface area (Å²) in [5.41, 5.74) is 2.08. The number of rotatable bonds is 3. The highest BCUT2D eigenvalue weighted by Crippen LogP contribution is 2.31. The molecule has 7 nitrogen and oxygen atoms in total. The van der Waals surface area contributed by atoms with Crippen molar-refractivity contribution in [3.8, 4) is 11.6 Å². The zero-order valence-corrected chi connectivity index (χ0v) is 13.5. The van der Waals surface area contributed by atoms with E-state index in [2.05, 4.69) is 20.4 Å². The van der Waals surface area contributed by atoms with E-state index in [-0.39, 0.29) is 23.4 Å². The fourth-order valence-electron chi connectivity index (χ4n) is 3.18. The molecule has 3 aromatic heterocycles. The lowest BCUT2D eigenvalue weighted by molar-refractivity contribution is 0.0924. The van der Waals surface area contributed by atoms with Gasteiger partial charge in [0.05, 0.1) is 17.9 Å². The highest BCUT2D eigenvalue weighted by Gasteiger charge is 2.27. The number of fused-ring (bicyclic) bond motifs is 1. The molecule has 25 heavy (non-hydrogen) atoms. The van der Waals surface area contributed by atoms with Crippen LogP contribution in [0.25, 0.3) is 5.82 Å². The van der Waals surface area contributed by atoms with E-state index in [0.29, 0.717) is 0 Å². The predicted octanol–water partition coefficient (Wildman–Crippen LogP) is 2.18. The van der Waals surface area contributed by atoms with E-state index in [1.807, 2.05) is 22.9 Å². The maximum atomic E-state index is 12.4. The lowest BCUT2D eigenvalue weighted by Crippen LogP contribution is -2.31. The van der Waals surface area contributed by atoms with Crippen molar-refractivity contribution in [2.24, 2.45) is 0 Å². The fraction of sp³-hybridized carbons (Fsp3) is 0.222. The minimum Gasteiger partial charge on any atom is -0.505 e. The van der Waals surface area contributed by atoms with E-state index in [1.165, 1.54) is 12.3 Å². The van der Waals surface area contributed by atoms with E-state index in [4.69, 9.17) is 0 Å². The summed E-state index contributed by atoms with van der Waals surface area (Å²) in [5.74, 6) is 0.250. The molecule has 0 bridgehead atoms. The number of pyridine rings is 2. The predicted molar refractivity (Wildman–Crippen MR) is 90.4 cm³/mol. The van der Waals surface area contributed by atoms with Crippen LogP contribution in [0.4, 0.5) is 0 Å². The number of nitrogens with one attached hydrogen (secondary N) is 1. The summed E-state index contributed by atoms with van der Waals surface area (Å²) >= 11 is 0. The summed E-state index contributed by atoms with van der Waals surface area (Å²) < 4.78 is 1.83. The van der Waals surface area contributed by atoms with Gasteiger partial charge < -0.3 is 10.4 Å². The third kappa shape index (κ3) is 2.84. The molecule has 0 fully saturated rings. The summed E-state index contributed by atoms with van der Waals surface area (Å²) in [6.07, 6.45) is 7.64. The Morgan fingerprint density at radius 3 is 2.88 bits per heavy atom. The van der Waals surface area contributed by atoms with Gasteiger partial charge in [0.25, 0.3) is 5.91 Å². The molecule has 1 amide bonds. The summed E-state index contributed by atoms with van der Waals surface area (Å²) in [7, 11) is 0. The monoisotopic (exact) mass is 335 g/mol. The third-order valence-corrected chi connectivity index (χ3v) is 4.36. The van der Waals surface area contributed by atoms with E-state index in [1.54, 1.807) is 18.5 Å². The number of amides is 1. The van der Waals surface area contributed by atoms with Crippen LogP contribution in [-0.2, 0) is 6.42 Å². The lowest BCUT2D eigenvalue weighted by atomic mass is 9.93. The highest BCUT2D eigenvalue weighted by molar-refractivity contribution is 5.95. The molecule has 2 N–H and O–H groups in total. The highest BCUT2D eigenvalue weighted by atomic mass is 16.3. The number of aromatic nitrogens is 4. The number of hydrogen-bond donors (Lipinski definition) is 2. The molecule has 0 saturated carbocycles. The molecule has 3 heterocycles. The second kappa shape index (κ2) is 6.35. The Hall–Kier alpha value is -3.22. The van der Waals surface area contributed by atoms with Crippen LogP contribution in [0.3, 0.4) is 0 Å². The first kappa shape index (κ1) is 15.3. The Labute approximate surface area is 144 Å². The molecule has 0 radical (unpaired) electrons. The van der Waals surface area contributed by atoms with Gasteiger partial charge in [-0.05, 0) is 43.5 Å². The zero-order chi connectivity index (χ0) is 17.2. The van der Waals surface area contributed by atoms with Gasteiger partial charge in [0.1, 0.15) is 5.75 Å². The normalized spacial score (nSPS) is 16.2. The van der Waals surface area contributed by atoms with Crippen molar-refractivity contribution in [2.45, 2.75) is 25.3 Å². The number of nitrogens with zero attached hydrogens (tertiary/aromatic N) is 4. The average Bonchev–Trinajstić information content (AvgIpc) is 3.08. The zero-order valence-electron chi connectivity index (χ0n) is 13.5. The van der Waals surface area contributed by atoms with Gasteiger partial charge in [-0.15, -0.1) is 0 Å². The van der Waals surface area contributed by atoms with Gasteiger partial charge in [0.2, 0.25) is 0 Å². The molecule has 1 aliphatic carbocycles. The van der Waals surface area contributed by atoms with Crippen LogP contribution < -0.4 is 5.32 Å². The summed E-state index contributed by atoms with van der Waals surface area (Å²) in [6.45, 7) is 0. The molecule has 1 aliphatic rings. The van der Waals surface area contributed by atoms with Crippen molar-refractivity contribution in [1.82, 2.24) is 25.1 Å². The van der Waals surface area contributed by atoms with Crippen molar-refractivity contribution in [2.75, 3.05) is 0 Å². The van der Waals surface area contributed by atoms with Crippen molar-refractivity contribution in [3.63, 3.8) is 0 Å². The van der Waals surface area contributed by atoms with Gasteiger partial charge in [0, 0.05) is 18.0 Å². The Bertz CT molecular complexity index is 907. The Morgan fingerprint density at radius 1 is 1.20 bits per heavy atom. The first-order valence-electron chi connectivity index (χ1n) is 8.17. The summed E-state index contributed by atoms with van der Waals surface area (Å²) in [6, 6.07) is 8.57. The van der Waals surface area contributed by atoms with Crippen LogP contribution >= 0.6 is 0 Å². The fourth-order valence-corrected chi connectivity index (χ4v) is 3.18. The summed E-state index contributed by atoms with van der Waals surface area (Å²) in [5, 5.41) is 17.2. The number of carbonyl (C=O) groups excluding carboxylic acids is 1. The molecular formula is C18H17N5O2. The lowest BCUT2D eigenvalue weighted by Gasteiger charge is -2.24.